The van der Waals surface area contributed by atoms with Crippen LogP contribution in [0.25, 0.3) is 5.69 Å². The number of ether oxygens (including phenoxy) is 1. The summed E-state index contributed by atoms with van der Waals surface area (Å²) in [5.74, 6) is 0. The van der Waals surface area contributed by atoms with Gasteiger partial charge in [-0.25, -0.2) is 0 Å². The summed E-state index contributed by atoms with van der Waals surface area (Å²) >= 11 is 5.63. The molecular formula is C21H21N5O3S. The number of benzene rings is 1. The summed E-state index contributed by atoms with van der Waals surface area (Å²) in [7, 11) is 1.66. The summed E-state index contributed by atoms with van der Waals surface area (Å²) in [4.78, 5) is 17.3. The zero-order valence-corrected chi connectivity index (χ0v) is 17.2. The number of non-ortho nitro benzene ring substituents is 1. The molecule has 0 radical (unpaired) electrons. The van der Waals surface area contributed by atoms with E-state index in [-0.39, 0.29) is 17.8 Å². The molecule has 1 aliphatic rings. The van der Waals surface area contributed by atoms with Gasteiger partial charge in [0.2, 0.25) is 0 Å². The predicted octanol–water partition coefficient (Wildman–Crippen LogP) is 3.40. The van der Waals surface area contributed by atoms with Crippen LogP contribution in [0.4, 0.5) is 5.69 Å². The van der Waals surface area contributed by atoms with Crippen molar-refractivity contribution in [3.8, 4) is 5.69 Å². The number of methoxy groups -OCH3 is 1. The standard InChI is InChI=1S/C21H21N5O3S/c1-29-14-13-25-20(19(23-21(25)30)17-5-2-3-11-22-17)18-6-4-12-24(18)15-7-9-16(10-8-15)26(27)28/h2-12,19-20H,13-14H2,1H3,(H,23,30)/t19-,20-/m1/s1. The molecule has 8 nitrogen and oxygen atoms in total. The van der Waals surface area contributed by atoms with Crippen molar-refractivity contribution in [2.24, 2.45) is 0 Å². The van der Waals surface area contributed by atoms with Gasteiger partial charge in [-0.05, 0) is 48.6 Å². The number of hydrogen-bond donors (Lipinski definition) is 1. The highest BCUT2D eigenvalue weighted by Gasteiger charge is 2.41. The first kappa shape index (κ1) is 20.0. The lowest BCUT2D eigenvalue weighted by Gasteiger charge is -2.28. The van der Waals surface area contributed by atoms with Gasteiger partial charge in [-0.15, -0.1) is 0 Å². The topological polar surface area (TPSA) is 85.5 Å². The molecule has 4 rings (SSSR count). The van der Waals surface area contributed by atoms with Crippen LogP contribution < -0.4 is 5.32 Å². The fourth-order valence-electron chi connectivity index (χ4n) is 3.76. The smallest absolute Gasteiger partial charge is 0.269 e. The van der Waals surface area contributed by atoms with Crippen molar-refractivity contribution < 1.29 is 9.66 Å². The van der Waals surface area contributed by atoms with Crippen LogP contribution in [0.15, 0.2) is 67.0 Å². The van der Waals surface area contributed by atoms with E-state index in [1.807, 2.05) is 41.1 Å². The lowest BCUT2D eigenvalue weighted by atomic mass is 10.0. The molecule has 0 aliphatic carbocycles. The third-order valence-corrected chi connectivity index (χ3v) is 5.51. The van der Waals surface area contributed by atoms with Gasteiger partial charge in [-0.1, -0.05) is 6.07 Å². The molecular weight excluding hydrogens is 402 g/mol. The second-order valence-corrected chi connectivity index (χ2v) is 7.28. The molecule has 2 aromatic heterocycles. The van der Waals surface area contributed by atoms with Gasteiger partial charge >= 0.3 is 0 Å². The van der Waals surface area contributed by atoms with Gasteiger partial charge in [0.25, 0.3) is 5.69 Å². The van der Waals surface area contributed by atoms with E-state index >= 15 is 0 Å². The molecule has 1 aliphatic heterocycles. The number of nitro groups is 1. The molecule has 1 N–H and O–H groups in total. The van der Waals surface area contributed by atoms with E-state index < -0.39 is 4.92 Å². The Balaban J connectivity index is 1.76. The maximum atomic E-state index is 11.0. The van der Waals surface area contributed by atoms with Gasteiger partial charge in [-0.2, -0.15) is 0 Å². The highest BCUT2D eigenvalue weighted by Crippen LogP contribution is 2.39. The van der Waals surface area contributed by atoms with E-state index in [4.69, 9.17) is 17.0 Å². The summed E-state index contributed by atoms with van der Waals surface area (Å²) < 4.78 is 7.32. The molecule has 2 atom stereocenters. The van der Waals surface area contributed by atoms with E-state index in [0.717, 1.165) is 17.1 Å². The number of aromatic nitrogens is 2. The van der Waals surface area contributed by atoms with E-state index in [1.54, 1.807) is 25.4 Å². The molecule has 30 heavy (non-hydrogen) atoms. The van der Waals surface area contributed by atoms with E-state index in [1.165, 1.54) is 12.1 Å². The Kier molecular flexibility index (Phi) is 5.73. The Hall–Kier alpha value is -3.30. The van der Waals surface area contributed by atoms with Crippen LogP contribution in [0.1, 0.15) is 23.5 Å². The highest BCUT2D eigenvalue weighted by atomic mass is 32.1. The average Bonchev–Trinajstić information content (AvgIpc) is 3.37. The Morgan fingerprint density at radius 1 is 1.20 bits per heavy atom. The van der Waals surface area contributed by atoms with Gasteiger partial charge in [-0.3, -0.25) is 15.1 Å². The summed E-state index contributed by atoms with van der Waals surface area (Å²) in [5, 5.41) is 15.1. The number of thiocarbonyl (C=S) groups is 1. The molecule has 3 aromatic rings. The maximum Gasteiger partial charge on any atom is 0.269 e. The van der Waals surface area contributed by atoms with Crippen molar-refractivity contribution >= 4 is 23.0 Å². The van der Waals surface area contributed by atoms with Crippen LogP contribution in [-0.2, 0) is 4.74 Å². The highest BCUT2D eigenvalue weighted by molar-refractivity contribution is 7.80. The number of hydrogen-bond acceptors (Lipinski definition) is 5. The van der Waals surface area contributed by atoms with Gasteiger partial charge in [0.05, 0.1) is 29.3 Å². The van der Waals surface area contributed by atoms with E-state index in [0.29, 0.717) is 18.3 Å². The molecule has 154 valence electrons. The van der Waals surface area contributed by atoms with Crippen molar-refractivity contribution in [3.05, 3.63) is 88.5 Å². The first-order valence-electron chi connectivity index (χ1n) is 9.49. The quantitative estimate of drug-likeness (QED) is 0.354. The van der Waals surface area contributed by atoms with Crippen molar-refractivity contribution in [2.75, 3.05) is 20.3 Å². The van der Waals surface area contributed by atoms with E-state index in [2.05, 4.69) is 15.2 Å². The van der Waals surface area contributed by atoms with Crippen molar-refractivity contribution in [3.63, 3.8) is 0 Å². The van der Waals surface area contributed by atoms with Crippen LogP contribution in [0.5, 0.6) is 0 Å². The minimum Gasteiger partial charge on any atom is -0.383 e. The minimum atomic E-state index is -0.400. The summed E-state index contributed by atoms with van der Waals surface area (Å²) in [6, 6.07) is 16.1. The van der Waals surface area contributed by atoms with Gasteiger partial charge in [0.1, 0.15) is 0 Å². The third-order valence-electron chi connectivity index (χ3n) is 5.16. The summed E-state index contributed by atoms with van der Waals surface area (Å²) in [6.07, 6.45) is 3.71. The van der Waals surface area contributed by atoms with Crippen LogP contribution in [0.3, 0.4) is 0 Å². The molecule has 0 amide bonds. The predicted molar refractivity (Wildman–Crippen MR) is 116 cm³/mol. The molecule has 0 bridgehead atoms. The molecule has 1 aromatic carbocycles. The largest absolute Gasteiger partial charge is 0.383 e. The third kappa shape index (κ3) is 3.77. The van der Waals surface area contributed by atoms with Crippen molar-refractivity contribution in [2.45, 2.75) is 12.1 Å². The zero-order valence-electron chi connectivity index (χ0n) is 16.3. The Morgan fingerprint density at radius 3 is 2.67 bits per heavy atom. The normalized spacial score (nSPS) is 18.4. The Labute approximate surface area is 179 Å². The molecule has 0 unspecified atom stereocenters. The number of pyridine rings is 1. The van der Waals surface area contributed by atoms with Crippen LogP contribution in [-0.4, -0.2) is 44.7 Å². The molecule has 0 spiro atoms. The van der Waals surface area contributed by atoms with Gasteiger partial charge in [0.15, 0.2) is 5.11 Å². The second-order valence-electron chi connectivity index (χ2n) is 6.89. The first-order valence-corrected chi connectivity index (χ1v) is 9.90. The summed E-state index contributed by atoms with van der Waals surface area (Å²) in [5.41, 5.74) is 2.79. The van der Waals surface area contributed by atoms with Crippen LogP contribution in [0.2, 0.25) is 0 Å². The Morgan fingerprint density at radius 2 is 2.00 bits per heavy atom. The lowest BCUT2D eigenvalue weighted by Crippen LogP contribution is -2.33. The fourth-order valence-corrected chi connectivity index (χ4v) is 4.09. The Bertz CT molecular complexity index is 1040. The number of nitrogens with one attached hydrogen (secondary N) is 1. The minimum absolute atomic E-state index is 0.0595. The fraction of sp³-hybridized carbons (Fsp3) is 0.238. The van der Waals surface area contributed by atoms with Crippen molar-refractivity contribution in [1.82, 2.24) is 19.8 Å². The molecule has 3 heterocycles. The summed E-state index contributed by atoms with van der Waals surface area (Å²) in [6.45, 7) is 1.16. The second kappa shape index (κ2) is 8.60. The zero-order chi connectivity index (χ0) is 21.1. The molecule has 0 saturated carbocycles. The molecule has 1 saturated heterocycles. The van der Waals surface area contributed by atoms with Crippen LogP contribution >= 0.6 is 12.2 Å². The van der Waals surface area contributed by atoms with E-state index in [9.17, 15) is 10.1 Å². The SMILES string of the molecule is COCCN1C(=S)N[C@H](c2ccccn2)[C@H]1c1cccn1-c1ccc([N+](=O)[O-])cc1. The molecule has 1 fully saturated rings. The number of rotatable bonds is 7. The average molecular weight is 423 g/mol. The van der Waals surface area contributed by atoms with Crippen LogP contribution in [0, 0.1) is 10.1 Å². The number of nitro benzene ring substituents is 1. The first-order chi connectivity index (χ1) is 14.6. The van der Waals surface area contributed by atoms with Gasteiger partial charge in [0, 0.05) is 49.6 Å². The lowest BCUT2D eigenvalue weighted by molar-refractivity contribution is -0.384. The maximum absolute atomic E-state index is 11.0. The van der Waals surface area contributed by atoms with Gasteiger partial charge < -0.3 is 19.5 Å². The van der Waals surface area contributed by atoms with Crippen molar-refractivity contribution in [1.29, 1.82) is 0 Å². The monoisotopic (exact) mass is 423 g/mol. The number of nitrogens with zero attached hydrogens (tertiary/aromatic N) is 4. The molecule has 9 heteroatoms.